The van der Waals surface area contributed by atoms with Gasteiger partial charge in [0.2, 0.25) is 0 Å². The van der Waals surface area contributed by atoms with Gasteiger partial charge in [-0.15, -0.1) is 0 Å². The van der Waals surface area contributed by atoms with E-state index < -0.39 is 24.5 Å². The topological polar surface area (TPSA) is 84.5 Å². The number of carbonyl (C=O) groups is 3. The zero-order chi connectivity index (χ0) is 17.2. The van der Waals surface area contributed by atoms with Crippen molar-refractivity contribution in [2.24, 2.45) is 0 Å². The van der Waals surface area contributed by atoms with Gasteiger partial charge >= 0.3 is 12.0 Å². The van der Waals surface area contributed by atoms with Crippen molar-refractivity contribution in [1.82, 2.24) is 10.6 Å². The Balaban J connectivity index is 1.62. The van der Waals surface area contributed by atoms with Gasteiger partial charge in [-0.2, -0.15) is 0 Å². The Hall–Kier alpha value is -2.63. The Morgan fingerprint density at radius 2 is 1.88 bits per heavy atom. The third-order valence-electron chi connectivity index (χ3n) is 3.71. The molecule has 0 aromatic heterocycles. The first-order chi connectivity index (χ1) is 11.6. The van der Waals surface area contributed by atoms with E-state index in [9.17, 15) is 14.4 Å². The van der Waals surface area contributed by atoms with Gasteiger partial charge in [-0.25, -0.2) is 9.59 Å². The van der Waals surface area contributed by atoms with Crippen molar-refractivity contribution < 1.29 is 19.1 Å². The molecule has 1 aliphatic carbocycles. The molecule has 2 N–H and O–H groups in total. The minimum absolute atomic E-state index is 0.357. The fraction of sp³-hybridized carbons (Fsp3) is 0.389. The molecule has 0 heterocycles. The molecule has 0 unspecified atom stereocenters. The van der Waals surface area contributed by atoms with Crippen LogP contribution >= 0.6 is 0 Å². The van der Waals surface area contributed by atoms with Crippen LogP contribution in [0.1, 0.15) is 42.5 Å². The van der Waals surface area contributed by atoms with Crippen molar-refractivity contribution in [1.29, 1.82) is 0 Å². The maximum atomic E-state index is 11.7. The van der Waals surface area contributed by atoms with Crippen molar-refractivity contribution in [2.45, 2.75) is 32.1 Å². The van der Waals surface area contributed by atoms with Gasteiger partial charge in [0.25, 0.3) is 5.91 Å². The maximum Gasteiger partial charge on any atom is 0.338 e. The molecular weight excluding hydrogens is 308 g/mol. The molecule has 0 atom stereocenters. The number of imide groups is 1. The predicted octanol–water partition coefficient (Wildman–Crippen LogP) is 2.56. The summed E-state index contributed by atoms with van der Waals surface area (Å²) in [6, 6.07) is 7.78. The number of allylic oxidation sites excluding steroid dienone is 1. The first-order valence-electron chi connectivity index (χ1n) is 8.13. The Bertz CT molecular complexity index is 611. The number of esters is 1. The van der Waals surface area contributed by atoms with Crippen LogP contribution in [0.15, 0.2) is 42.0 Å². The molecule has 0 aliphatic heterocycles. The number of hydrogen-bond acceptors (Lipinski definition) is 4. The average Bonchev–Trinajstić information content (AvgIpc) is 2.61. The normalized spacial score (nSPS) is 13.6. The van der Waals surface area contributed by atoms with Crippen LogP contribution in [0.4, 0.5) is 4.79 Å². The third kappa shape index (κ3) is 6.24. The van der Waals surface area contributed by atoms with Gasteiger partial charge in [-0.1, -0.05) is 29.8 Å². The standard InChI is InChI=1S/C18H22N2O4/c21-16(13-24-17(22)15-9-5-2-6-10-15)20-18(23)19-12-11-14-7-3-1-4-8-14/h2,5-7,9-10H,1,3-4,8,11-13H2,(H2,19,20,21,23). The lowest BCUT2D eigenvalue weighted by Gasteiger charge is -2.13. The van der Waals surface area contributed by atoms with Gasteiger partial charge < -0.3 is 10.1 Å². The fourth-order valence-corrected chi connectivity index (χ4v) is 2.46. The van der Waals surface area contributed by atoms with Gasteiger partial charge in [0.05, 0.1) is 5.56 Å². The van der Waals surface area contributed by atoms with Crippen LogP contribution in [0, 0.1) is 0 Å². The molecule has 0 spiro atoms. The zero-order valence-corrected chi connectivity index (χ0v) is 13.5. The van der Waals surface area contributed by atoms with Gasteiger partial charge in [0.15, 0.2) is 6.61 Å². The van der Waals surface area contributed by atoms with E-state index in [1.807, 2.05) is 0 Å². The molecule has 1 aliphatic rings. The number of amides is 3. The minimum Gasteiger partial charge on any atom is -0.452 e. The van der Waals surface area contributed by atoms with E-state index in [-0.39, 0.29) is 0 Å². The van der Waals surface area contributed by atoms with Gasteiger partial charge in [-0.05, 0) is 44.2 Å². The molecule has 0 saturated carbocycles. The second kappa shape index (κ2) is 9.50. The SMILES string of the molecule is O=C(COC(=O)c1ccccc1)NC(=O)NCCC1=CCCCC1. The Morgan fingerprint density at radius 1 is 1.08 bits per heavy atom. The van der Waals surface area contributed by atoms with Gasteiger partial charge in [0.1, 0.15) is 0 Å². The summed E-state index contributed by atoms with van der Waals surface area (Å²) in [5.74, 6) is -1.26. The number of rotatable bonds is 6. The lowest BCUT2D eigenvalue weighted by atomic mass is 9.97. The lowest BCUT2D eigenvalue weighted by molar-refractivity contribution is -0.123. The van der Waals surface area contributed by atoms with Crippen LogP contribution in [0.25, 0.3) is 0 Å². The lowest BCUT2D eigenvalue weighted by Crippen LogP contribution is -2.41. The van der Waals surface area contributed by atoms with E-state index >= 15 is 0 Å². The molecular formula is C18H22N2O4. The first-order valence-corrected chi connectivity index (χ1v) is 8.13. The van der Waals surface area contributed by atoms with Crippen LogP contribution in [0.3, 0.4) is 0 Å². The van der Waals surface area contributed by atoms with Crippen molar-refractivity contribution >= 4 is 17.9 Å². The molecule has 128 valence electrons. The molecule has 6 heteroatoms. The average molecular weight is 330 g/mol. The van der Waals surface area contributed by atoms with E-state index in [4.69, 9.17) is 4.74 Å². The number of ether oxygens (including phenoxy) is 1. The number of hydrogen-bond donors (Lipinski definition) is 2. The monoisotopic (exact) mass is 330 g/mol. The summed E-state index contributed by atoms with van der Waals surface area (Å²) >= 11 is 0. The van der Waals surface area contributed by atoms with Crippen molar-refractivity contribution in [3.05, 3.63) is 47.5 Å². The smallest absolute Gasteiger partial charge is 0.338 e. The fourth-order valence-electron chi connectivity index (χ4n) is 2.46. The minimum atomic E-state index is -0.659. The van der Waals surface area contributed by atoms with Crippen LogP contribution in [0.2, 0.25) is 0 Å². The summed E-state index contributed by atoms with van der Waals surface area (Å²) < 4.78 is 4.85. The summed E-state index contributed by atoms with van der Waals surface area (Å²) in [6.45, 7) is -0.0128. The zero-order valence-electron chi connectivity index (χ0n) is 13.5. The van der Waals surface area contributed by atoms with E-state index in [1.165, 1.54) is 18.4 Å². The summed E-state index contributed by atoms with van der Waals surface area (Å²) in [4.78, 5) is 34.9. The number of benzene rings is 1. The molecule has 2 rings (SSSR count). The second-order valence-electron chi connectivity index (χ2n) is 5.60. The molecule has 0 saturated heterocycles. The molecule has 0 radical (unpaired) electrons. The van der Waals surface area contributed by atoms with Gasteiger partial charge in [-0.3, -0.25) is 10.1 Å². The molecule has 0 fully saturated rings. The Labute approximate surface area is 141 Å². The highest BCUT2D eigenvalue weighted by Gasteiger charge is 2.12. The summed E-state index contributed by atoms with van der Waals surface area (Å²) in [5, 5.41) is 4.77. The van der Waals surface area contributed by atoms with Crippen molar-refractivity contribution in [3.63, 3.8) is 0 Å². The van der Waals surface area contributed by atoms with E-state index in [0.717, 1.165) is 19.3 Å². The number of nitrogens with one attached hydrogen (secondary N) is 2. The second-order valence-corrected chi connectivity index (χ2v) is 5.60. The molecule has 3 amide bonds. The quantitative estimate of drug-likeness (QED) is 0.620. The van der Waals surface area contributed by atoms with Crippen molar-refractivity contribution in [2.75, 3.05) is 13.2 Å². The molecule has 0 bridgehead atoms. The Morgan fingerprint density at radius 3 is 2.58 bits per heavy atom. The van der Waals surface area contributed by atoms with Crippen molar-refractivity contribution in [3.8, 4) is 0 Å². The molecule has 6 nitrogen and oxygen atoms in total. The highest BCUT2D eigenvalue weighted by molar-refractivity contribution is 5.96. The Kier molecular flexibility index (Phi) is 7.01. The van der Waals surface area contributed by atoms with Crippen LogP contribution in [-0.2, 0) is 9.53 Å². The highest BCUT2D eigenvalue weighted by Crippen LogP contribution is 2.19. The summed E-state index contributed by atoms with van der Waals surface area (Å²) in [6.07, 6.45) is 7.63. The van der Waals surface area contributed by atoms with Crippen LogP contribution in [0.5, 0.6) is 0 Å². The first kappa shape index (κ1) is 17.7. The van der Waals surface area contributed by atoms with Crippen LogP contribution in [-0.4, -0.2) is 31.1 Å². The molecule has 1 aromatic rings. The maximum absolute atomic E-state index is 11.7. The van der Waals surface area contributed by atoms with E-state index in [2.05, 4.69) is 16.7 Å². The van der Waals surface area contributed by atoms with Gasteiger partial charge in [0, 0.05) is 6.54 Å². The highest BCUT2D eigenvalue weighted by atomic mass is 16.5. The van der Waals surface area contributed by atoms with Crippen LogP contribution < -0.4 is 10.6 Å². The van der Waals surface area contributed by atoms with E-state index in [1.54, 1.807) is 30.3 Å². The predicted molar refractivity (Wildman–Crippen MR) is 89.4 cm³/mol. The van der Waals surface area contributed by atoms with E-state index in [0.29, 0.717) is 12.1 Å². The largest absolute Gasteiger partial charge is 0.452 e. The summed E-state index contributed by atoms with van der Waals surface area (Å²) in [7, 11) is 0. The molecule has 24 heavy (non-hydrogen) atoms. The summed E-state index contributed by atoms with van der Waals surface area (Å²) in [5.41, 5.74) is 1.71. The number of carbonyl (C=O) groups excluding carboxylic acids is 3. The third-order valence-corrected chi connectivity index (χ3v) is 3.71. The molecule has 1 aromatic carbocycles. The number of urea groups is 1.